The fraction of sp³-hybridized carbons (Fsp3) is 0.478. The molecular weight excluding hydrogens is 376 g/mol. The summed E-state index contributed by atoms with van der Waals surface area (Å²) in [5.41, 5.74) is 3.97. The maximum Gasteiger partial charge on any atom is 0.229 e. The third kappa shape index (κ3) is 4.13. The second-order valence-electron chi connectivity index (χ2n) is 7.97. The van der Waals surface area contributed by atoms with Crippen molar-refractivity contribution in [2.75, 3.05) is 36.4 Å². The van der Waals surface area contributed by atoms with Gasteiger partial charge in [0.25, 0.3) is 0 Å². The summed E-state index contributed by atoms with van der Waals surface area (Å²) in [5.74, 6) is 0.569. The van der Waals surface area contributed by atoms with Crippen molar-refractivity contribution in [1.29, 1.82) is 0 Å². The van der Waals surface area contributed by atoms with Gasteiger partial charge in [-0.2, -0.15) is 4.98 Å². The summed E-state index contributed by atoms with van der Waals surface area (Å²) in [7, 11) is 0. The first kappa shape index (κ1) is 20.6. The molecule has 3 aromatic rings. The molecule has 7 nitrogen and oxygen atoms in total. The zero-order valence-electron chi connectivity index (χ0n) is 18.1. The summed E-state index contributed by atoms with van der Waals surface area (Å²) in [6, 6.07) is 10.7. The molecule has 3 N–H and O–H groups in total. The summed E-state index contributed by atoms with van der Waals surface area (Å²) in [6.45, 7) is 10.3. The van der Waals surface area contributed by atoms with Crippen molar-refractivity contribution < 1.29 is 5.11 Å². The van der Waals surface area contributed by atoms with Crippen molar-refractivity contribution in [3.05, 3.63) is 42.2 Å². The highest BCUT2D eigenvalue weighted by atomic mass is 16.3. The van der Waals surface area contributed by atoms with Crippen LogP contribution in [0.5, 0.6) is 0 Å². The molecule has 1 saturated heterocycles. The average molecular weight is 409 g/mol. The molecule has 1 unspecified atom stereocenters. The van der Waals surface area contributed by atoms with E-state index in [2.05, 4.69) is 63.2 Å². The Morgan fingerprint density at radius 3 is 2.47 bits per heavy atom. The molecule has 1 atom stereocenters. The van der Waals surface area contributed by atoms with Crippen LogP contribution in [0.4, 0.5) is 17.3 Å². The molecule has 3 heterocycles. The summed E-state index contributed by atoms with van der Waals surface area (Å²) in [6.07, 6.45) is 3.26. The molecule has 2 aromatic heterocycles. The molecule has 160 valence electrons. The number of piperazine rings is 1. The maximum absolute atomic E-state index is 10.3. The van der Waals surface area contributed by atoms with Gasteiger partial charge in [0, 0.05) is 60.9 Å². The first-order valence-electron chi connectivity index (χ1n) is 11.0. The first-order chi connectivity index (χ1) is 14.6. The molecule has 0 aliphatic carbocycles. The van der Waals surface area contributed by atoms with Crippen LogP contribution < -0.4 is 15.5 Å². The number of anilines is 3. The molecular formula is C23H32N6O. The lowest BCUT2D eigenvalue weighted by Crippen LogP contribution is -2.43. The summed E-state index contributed by atoms with van der Waals surface area (Å²) in [4.78, 5) is 11.7. The van der Waals surface area contributed by atoms with Crippen LogP contribution in [-0.2, 0) is 0 Å². The maximum atomic E-state index is 10.3. The Hall–Kier alpha value is -2.64. The number of aliphatic hydroxyl groups is 1. The highest BCUT2D eigenvalue weighted by Crippen LogP contribution is 2.30. The zero-order valence-corrected chi connectivity index (χ0v) is 18.1. The summed E-state index contributed by atoms with van der Waals surface area (Å²) < 4.78 is 2.18. The number of nitrogens with one attached hydrogen (secondary N) is 2. The Labute approximate surface area is 178 Å². The molecule has 1 aromatic carbocycles. The Balaban J connectivity index is 1.61. The minimum atomic E-state index is -0.547. The van der Waals surface area contributed by atoms with Gasteiger partial charge in [0.05, 0.1) is 6.10 Å². The molecule has 7 heteroatoms. The van der Waals surface area contributed by atoms with Crippen molar-refractivity contribution >= 4 is 28.4 Å². The number of rotatable bonds is 7. The van der Waals surface area contributed by atoms with Gasteiger partial charge in [0.1, 0.15) is 5.65 Å². The number of nitrogens with zero attached hydrogens (tertiary/aromatic N) is 4. The topological polar surface area (TPSA) is 78.2 Å². The van der Waals surface area contributed by atoms with Crippen molar-refractivity contribution in [3.8, 4) is 0 Å². The monoisotopic (exact) mass is 408 g/mol. The lowest BCUT2D eigenvalue weighted by atomic mass is 10.1. The minimum absolute atomic E-state index is 0.299. The van der Waals surface area contributed by atoms with Crippen LogP contribution in [0.15, 0.2) is 36.5 Å². The van der Waals surface area contributed by atoms with E-state index in [0.29, 0.717) is 12.0 Å². The number of aromatic nitrogens is 3. The molecule has 1 aliphatic heterocycles. The van der Waals surface area contributed by atoms with Crippen LogP contribution >= 0.6 is 0 Å². The van der Waals surface area contributed by atoms with Crippen molar-refractivity contribution in [2.45, 2.75) is 45.8 Å². The quantitative estimate of drug-likeness (QED) is 0.548. The molecule has 0 radical (unpaired) electrons. The van der Waals surface area contributed by atoms with E-state index in [1.807, 2.05) is 12.3 Å². The molecule has 4 rings (SSSR count). The van der Waals surface area contributed by atoms with Gasteiger partial charge in [0.15, 0.2) is 0 Å². The second kappa shape index (κ2) is 9.02. The third-order valence-electron chi connectivity index (χ3n) is 5.95. The van der Waals surface area contributed by atoms with Gasteiger partial charge < -0.3 is 25.2 Å². The van der Waals surface area contributed by atoms with Crippen LogP contribution in [0, 0.1) is 0 Å². The highest BCUT2D eigenvalue weighted by molar-refractivity contribution is 5.78. The highest BCUT2D eigenvalue weighted by Gasteiger charge is 2.20. The minimum Gasteiger partial charge on any atom is -0.387 e. The van der Waals surface area contributed by atoms with E-state index < -0.39 is 6.10 Å². The van der Waals surface area contributed by atoms with Gasteiger partial charge in [-0.05, 0) is 50.1 Å². The van der Waals surface area contributed by atoms with E-state index in [1.165, 1.54) is 5.69 Å². The molecule has 0 spiro atoms. The van der Waals surface area contributed by atoms with Crippen LogP contribution in [0.25, 0.3) is 11.0 Å². The summed E-state index contributed by atoms with van der Waals surface area (Å²) >= 11 is 0. The first-order valence-corrected chi connectivity index (χ1v) is 11.0. The van der Waals surface area contributed by atoms with Crippen LogP contribution in [0.2, 0.25) is 0 Å². The van der Waals surface area contributed by atoms with E-state index in [4.69, 9.17) is 4.98 Å². The number of aliphatic hydroxyl groups excluding tert-OH is 1. The van der Waals surface area contributed by atoms with Crippen molar-refractivity contribution in [2.24, 2.45) is 0 Å². The largest absolute Gasteiger partial charge is 0.387 e. The van der Waals surface area contributed by atoms with Gasteiger partial charge in [-0.25, -0.2) is 4.98 Å². The van der Waals surface area contributed by atoms with Crippen LogP contribution in [-0.4, -0.2) is 45.8 Å². The number of hydrogen-bond donors (Lipinski definition) is 3. The van der Waals surface area contributed by atoms with Gasteiger partial charge in [-0.3, -0.25) is 0 Å². The molecule has 0 saturated carbocycles. The van der Waals surface area contributed by atoms with E-state index in [1.54, 1.807) is 6.92 Å². The van der Waals surface area contributed by atoms with Gasteiger partial charge >= 0.3 is 0 Å². The Morgan fingerprint density at radius 2 is 1.83 bits per heavy atom. The SMILES string of the molecule is CCC(CC)n1c(C(C)O)cc2cnc(Nc3ccc(N4CCNCC4)cc3)nc21. The Kier molecular flexibility index (Phi) is 6.20. The van der Waals surface area contributed by atoms with E-state index in [9.17, 15) is 5.11 Å². The van der Waals surface area contributed by atoms with E-state index >= 15 is 0 Å². The second-order valence-corrected chi connectivity index (χ2v) is 7.97. The third-order valence-corrected chi connectivity index (χ3v) is 5.95. The molecule has 0 amide bonds. The lowest BCUT2D eigenvalue weighted by molar-refractivity contribution is 0.186. The standard InChI is InChI=1S/C23H32N6O/c1-4-19(5-2)29-21(16(3)30)14-17-15-25-23(27-22(17)29)26-18-6-8-20(9-7-18)28-12-10-24-11-13-28/h6-9,14-16,19,24,30H,4-5,10-13H2,1-3H3,(H,25,26,27). The Morgan fingerprint density at radius 1 is 1.13 bits per heavy atom. The lowest BCUT2D eigenvalue weighted by Gasteiger charge is -2.29. The van der Waals surface area contributed by atoms with Gasteiger partial charge in [-0.15, -0.1) is 0 Å². The van der Waals surface area contributed by atoms with Gasteiger partial charge in [0.2, 0.25) is 5.95 Å². The van der Waals surface area contributed by atoms with Crippen LogP contribution in [0.3, 0.4) is 0 Å². The normalized spacial score (nSPS) is 15.7. The van der Waals surface area contributed by atoms with Gasteiger partial charge in [-0.1, -0.05) is 13.8 Å². The van der Waals surface area contributed by atoms with Crippen molar-refractivity contribution in [3.63, 3.8) is 0 Å². The predicted octanol–water partition coefficient (Wildman–Crippen LogP) is 4.00. The molecule has 30 heavy (non-hydrogen) atoms. The van der Waals surface area contributed by atoms with E-state index in [0.717, 1.165) is 61.4 Å². The molecule has 1 fully saturated rings. The molecule has 0 bridgehead atoms. The van der Waals surface area contributed by atoms with E-state index in [-0.39, 0.29) is 0 Å². The number of hydrogen-bond acceptors (Lipinski definition) is 6. The molecule has 1 aliphatic rings. The average Bonchev–Trinajstić information content (AvgIpc) is 3.15. The fourth-order valence-electron chi connectivity index (χ4n) is 4.26. The number of fused-ring (bicyclic) bond motifs is 1. The summed E-state index contributed by atoms with van der Waals surface area (Å²) in [5, 5.41) is 18.0. The Bertz CT molecular complexity index is 971. The number of benzene rings is 1. The zero-order chi connectivity index (χ0) is 21.1. The smallest absolute Gasteiger partial charge is 0.229 e. The fourth-order valence-corrected chi connectivity index (χ4v) is 4.26. The van der Waals surface area contributed by atoms with Crippen LogP contribution in [0.1, 0.15) is 51.5 Å². The van der Waals surface area contributed by atoms with Crippen molar-refractivity contribution in [1.82, 2.24) is 19.9 Å². The predicted molar refractivity (Wildman–Crippen MR) is 123 cm³/mol.